The van der Waals surface area contributed by atoms with E-state index in [1.807, 2.05) is 0 Å². The predicted molar refractivity (Wildman–Crippen MR) is 57.0 cm³/mol. The van der Waals surface area contributed by atoms with Crippen LogP contribution in [0.1, 0.15) is 20.8 Å². The maximum atomic E-state index is 11.1. The summed E-state index contributed by atoms with van der Waals surface area (Å²) in [6.45, 7) is 6.03. The molecule has 0 aromatic heterocycles. The molecule has 0 saturated heterocycles. The van der Waals surface area contributed by atoms with Crippen LogP contribution in [-0.4, -0.2) is 30.6 Å². The second-order valence-corrected chi connectivity index (χ2v) is 3.95. The van der Waals surface area contributed by atoms with E-state index in [-0.39, 0.29) is 5.91 Å². The molecule has 0 aliphatic heterocycles. The summed E-state index contributed by atoms with van der Waals surface area (Å²) in [5.41, 5.74) is 4.64. The molecule has 0 unspecified atom stereocenters. The molecule has 0 fully saturated rings. The summed E-state index contributed by atoms with van der Waals surface area (Å²) in [4.78, 5) is 22.1. The van der Waals surface area contributed by atoms with Gasteiger partial charge in [-0.1, -0.05) is 0 Å². The van der Waals surface area contributed by atoms with Crippen LogP contribution in [0.3, 0.4) is 0 Å². The minimum atomic E-state index is -0.546. The molecule has 0 bridgehead atoms. The SMILES string of the molecule is CC(C)(C)OC(=O)/C=C\C(=O)NCCN. The van der Waals surface area contributed by atoms with Crippen LogP contribution in [0.2, 0.25) is 0 Å². The second-order valence-electron chi connectivity index (χ2n) is 3.95. The Balaban J connectivity index is 3.95. The molecule has 0 aliphatic rings. The highest BCUT2D eigenvalue weighted by Gasteiger charge is 2.13. The van der Waals surface area contributed by atoms with Crippen molar-refractivity contribution < 1.29 is 14.3 Å². The molecule has 0 radical (unpaired) electrons. The summed E-state index contributed by atoms with van der Waals surface area (Å²) in [6, 6.07) is 0. The lowest BCUT2D eigenvalue weighted by atomic mass is 10.2. The van der Waals surface area contributed by atoms with Gasteiger partial charge in [0, 0.05) is 25.2 Å². The van der Waals surface area contributed by atoms with E-state index in [4.69, 9.17) is 10.5 Å². The summed E-state index contributed by atoms with van der Waals surface area (Å²) in [6.07, 6.45) is 2.22. The summed E-state index contributed by atoms with van der Waals surface area (Å²) in [5, 5.41) is 2.49. The summed E-state index contributed by atoms with van der Waals surface area (Å²) in [5.74, 6) is -0.892. The van der Waals surface area contributed by atoms with Crippen LogP contribution < -0.4 is 11.1 Å². The Kier molecular flexibility index (Phi) is 5.62. The molecule has 1 amide bonds. The summed E-state index contributed by atoms with van der Waals surface area (Å²) >= 11 is 0. The summed E-state index contributed by atoms with van der Waals surface area (Å²) in [7, 11) is 0. The van der Waals surface area contributed by atoms with Gasteiger partial charge in [0.05, 0.1) is 0 Å². The molecule has 0 aromatic rings. The van der Waals surface area contributed by atoms with Gasteiger partial charge in [-0.3, -0.25) is 4.79 Å². The first-order valence-electron chi connectivity index (χ1n) is 4.74. The topological polar surface area (TPSA) is 81.4 Å². The highest BCUT2D eigenvalue weighted by Crippen LogP contribution is 2.06. The van der Waals surface area contributed by atoms with Crippen molar-refractivity contribution in [2.45, 2.75) is 26.4 Å². The molecule has 0 aliphatic carbocycles. The number of carbonyl (C=O) groups is 2. The van der Waals surface area contributed by atoms with Crippen molar-refractivity contribution in [2.75, 3.05) is 13.1 Å². The molecular formula is C10H18N2O3. The number of esters is 1. The first kappa shape index (κ1) is 13.6. The second kappa shape index (κ2) is 6.19. The standard InChI is InChI=1S/C10H18N2O3/c1-10(2,3)15-9(14)5-4-8(13)12-7-6-11/h4-5H,6-7,11H2,1-3H3,(H,12,13)/b5-4-. The van der Waals surface area contributed by atoms with Gasteiger partial charge >= 0.3 is 5.97 Å². The number of hydrogen-bond acceptors (Lipinski definition) is 4. The number of nitrogens with one attached hydrogen (secondary N) is 1. The van der Waals surface area contributed by atoms with Gasteiger partial charge < -0.3 is 15.8 Å². The smallest absolute Gasteiger partial charge is 0.331 e. The number of amides is 1. The molecule has 0 saturated carbocycles. The third kappa shape index (κ3) is 8.96. The normalized spacial score (nSPS) is 11.5. The van der Waals surface area contributed by atoms with E-state index in [0.717, 1.165) is 12.2 Å². The molecule has 0 atom stereocenters. The fourth-order valence-corrected chi connectivity index (χ4v) is 0.734. The lowest BCUT2D eigenvalue weighted by Gasteiger charge is -2.17. The molecule has 0 aromatic carbocycles. The molecule has 15 heavy (non-hydrogen) atoms. The Morgan fingerprint density at radius 1 is 1.33 bits per heavy atom. The largest absolute Gasteiger partial charge is 0.457 e. The van der Waals surface area contributed by atoms with Crippen molar-refractivity contribution in [1.82, 2.24) is 5.32 Å². The van der Waals surface area contributed by atoms with Gasteiger partial charge in [0.1, 0.15) is 5.60 Å². The first-order chi connectivity index (χ1) is 6.85. The first-order valence-corrected chi connectivity index (χ1v) is 4.74. The Hall–Kier alpha value is -1.36. The highest BCUT2D eigenvalue weighted by molar-refractivity contribution is 5.94. The minimum absolute atomic E-state index is 0.355. The lowest BCUT2D eigenvalue weighted by molar-refractivity contribution is -0.148. The number of carbonyl (C=O) groups excluding carboxylic acids is 2. The zero-order chi connectivity index (χ0) is 11.9. The monoisotopic (exact) mass is 214 g/mol. The van der Waals surface area contributed by atoms with Gasteiger partial charge in [-0.2, -0.15) is 0 Å². The third-order valence-electron chi connectivity index (χ3n) is 1.22. The molecule has 0 heterocycles. The Morgan fingerprint density at radius 3 is 2.40 bits per heavy atom. The van der Waals surface area contributed by atoms with Crippen LogP contribution in [0, 0.1) is 0 Å². The van der Waals surface area contributed by atoms with Gasteiger partial charge in [0.15, 0.2) is 0 Å². The lowest BCUT2D eigenvalue weighted by Crippen LogP contribution is -2.28. The number of rotatable bonds is 4. The Labute approximate surface area is 89.7 Å². The molecule has 0 spiro atoms. The van der Waals surface area contributed by atoms with Gasteiger partial charge in [0.2, 0.25) is 5.91 Å². The fourth-order valence-electron chi connectivity index (χ4n) is 0.734. The number of ether oxygens (including phenoxy) is 1. The van der Waals surface area contributed by atoms with E-state index in [9.17, 15) is 9.59 Å². The summed E-state index contributed by atoms with van der Waals surface area (Å²) < 4.78 is 4.96. The van der Waals surface area contributed by atoms with Crippen LogP contribution in [0.5, 0.6) is 0 Å². The van der Waals surface area contributed by atoms with Gasteiger partial charge in [0.25, 0.3) is 0 Å². The molecule has 86 valence electrons. The van der Waals surface area contributed by atoms with Crippen molar-refractivity contribution in [2.24, 2.45) is 5.73 Å². The molecule has 5 heteroatoms. The van der Waals surface area contributed by atoms with Crippen LogP contribution in [0.15, 0.2) is 12.2 Å². The Morgan fingerprint density at radius 2 is 1.93 bits per heavy atom. The number of hydrogen-bond donors (Lipinski definition) is 2. The molecule has 0 rings (SSSR count). The van der Waals surface area contributed by atoms with E-state index in [1.165, 1.54) is 0 Å². The maximum Gasteiger partial charge on any atom is 0.331 e. The molecule has 3 N–H and O–H groups in total. The van der Waals surface area contributed by atoms with Gasteiger partial charge in [-0.25, -0.2) is 4.79 Å². The van der Waals surface area contributed by atoms with Crippen molar-refractivity contribution in [3.05, 3.63) is 12.2 Å². The third-order valence-corrected chi connectivity index (χ3v) is 1.22. The van der Waals surface area contributed by atoms with E-state index >= 15 is 0 Å². The molecular weight excluding hydrogens is 196 g/mol. The van der Waals surface area contributed by atoms with E-state index in [2.05, 4.69) is 5.32 Å². The zero-order valence-electron chi connectivity index (χ0n) is 9.37. The quantitative estimate of drug-likeness (QED) is 0.508. The number of nitrogens with two attached hydrogens (primary N) is 1. The van der Waals surface area contributed by atoms with Gasteiger partial charge in [-0.05, 0) is 20.8 Å². The zero-order valence-corrected chi connectivity index (χ0v) is 9.37. The van der Waals surface area contributed by atoms with E-state index < -0.39 is 11.6 Å². The average Bonchev–Trinajstić information content (AvgIpc) is 2.08. The minimum Gasteiger partial charge on any atom is -0.457 e. The van der Waals surface area contributed by atoms with Crippen molar-refractivity contribution >= 4 is 11.9 Å². The van der Waals surface area contributed by atoms with Gasteiger partial charge in [-0.15, -0.1) is 0 Å². The van der Waals surface area contributed by atoms with E-state index in [1.54, 1.807) is 20.8 Å². The Bertz CT molecular complexity index is 254. The average molecular weight is 214 g/mol. The van der Waals surface area contributed by atoms with E-state index in [0.29, 0.717) is 13.1 Å². The van der Waals surface area contributed by atoms with Crippen molar-refractivity contribution in [3.8, 4) is 0 Å². The van der Waals surface area contributed by atoms with Crippen LogP contribution in [0.4, 0.5) is 0 Å². The predicted octanol–water partition coefficient (Wildman–Crippen LogP) is -0.0408. The fraction of sp³-hybridized carbons (Fsp3) is 0.600. The van der Waals surface area contributed by atoms with Crippen LogP contribution in [0.25, 0.3) is 0 Å². The van der Waals surface area contributed by atoms with Crippen molar-refractivity contribution in [3.63, 3.8) is 0 Å². The highest BCUT2D eigenvalue weighted by atomic mass is 16.6. The van der Waals surface area contributed by atoms with Crippen LogP contribution in [-0.2, 0) is 14.3 Å². The van der Waals surface area contributed by atoms with Crippen LogP contribution >= 0.6 is 0 Å². The maximum absolute atomic E-state index is 11.1. The molecule has 5 nitrogen and oxygen atoms in total. The van der Waals surface area contributed by atoms with Crippen molar-refractivity contribution in [1.29, 1.82) is 0 Å².